The quantitative estimate of drug-likeness (QED) is 0.791. The first kappa shape index (κ1) is 9.60. The summed E-state index contributed by atoms with van der Waals surface area (Å²) < 4.78 is 5.49. The highest BCUT2D eigenvalue weighted by atomic mass is 16.5. The highest BCUT2D eigenvalue weighted by molar-refractivity contribution is 5.64. The van der Waals surface area contributed by atoms with Crippen molar-refractivity contribution >= 4 is 0 Å². The highest BCUT2D eigenvalue weighted by Gasteiger charge is 2.18. The second-order valence-corrected chi connectivity index (χ2v) is 4.20. The van der Waals surface area contributed by atoms with Gasteiger partial charge in [0.1, 0.15) is 0 Å². The molecule has 0 saturated heterocycles. The van der Waals surface area contributed by atoms with Crippen LogP contribution in [0.15, 0.2) is 24.3 Å². The molecule has 1 aromatic carbocycles. The molecule has 0 bridgehead atoms. The number of ether oxygens (including phenoxy) is 1. The van der Waals surface area contributed by atoms with Gasteiger partial charge in [-0.05, 0) is 13.0 Å². The third-order valence-electron chi connectivity index (χ3n) is 2.99. The molecule has 2 aromatic rings. The van der Waals surface area contributed by atoms with Gasteiger partial charge in [0.25, 0.3) is 0 Å². The predicted molar refractivity (Wildman–Crippen MR) is 62.1 cm³/mol. The van der Waals surface area contributed by atoms with Gasteiger partial charge in [0.15, 0.2) is 0 Å². The first-order chi connectivity index (χ1) is 7.84. The van der Waals surface area contributed by atoms with Gasteiger partial charge in [0, 0.05) is 23.2 Å². The summed E-state index contributed by atoms with van der Waals surface area (Å²) in [7, 11) is 0. The lowest BCUT2D eigenvalue weighted by molar-refractivity contribution is 0.110. The number of hydrogen-bond donors (Lipinski definition) is 1. The number of aromatic nitrogens is 2. The summed E-state index contributed by atoms with van der Waals surface area (Å²) in [6.07, 6.45) is 0.939. The second-order valence-electron chi connectivity index (χ2n) is 4.20. The van der Waals surface area contributed by atoms with Crippen LogP contribution in [0.25, 0.3) is 11.3 Å². The van der Waals surface area contributed by atoms with Gasteiger partial charge >= 0.3 is 0 Å². The molecule has 0 unspecified atom stereocenters. The Hall–Kier alpha value is -1.61. The molecule has 2 heterocycles. The zero-order valence-corrected chi connectivity index (χ0v) is 9.29. The molecule has 1 aliphatic heterocycles. The standard InChI is InChI=1S/C13H14N2O/c1-9-3-2-4-10(7-9)13-11-8-16-6-5-12(11)14-15-13/h2-4,7H,5-6,8H2,1H3,(H,14,15). The SMILES string of the molecule is Cc1cccc(-c2n[nH]c3c2COCC3)c1. The molecule has 0 fully saturated rings. The zero-order valence-electron chi connectivity index (χ0n) is 9.29. The molecule has 3 nitrogen and oxygen atoms in total. The Morgan fingerprint density at radius 1 is 1.38 bits per heavy atom. The van der Waals surface area contributed by atoms with Gasteiger partial charge in [-0.3, -0.25) is 5.10 Å². The van der Waals surface area contributed by atoms with Crippen LogP contribution in [0.5, 0.6) is 0 Å². The number of aryl methyl sites for hydroxylation is 1. The smallest absolute Gasteiger partial charge is 0.0978 e. The molecule has 1 aromatic heterocycles. The van der Waals surface area contributed by atoms with E-state index in [0.29, 0.717) is 6.61 Å². The maximum Gasteiger partial charge on any atom is 0.0978 e. The highest BCUT2D eigenvalue weighted by Crippen LogP contribution is 2.27. The minimum absolute atomic E-state index is 0.676. The van der Waals surface area contributed by atoms with E-state index in [2.05, 4.69) is 41.4 Å². The second kappa shape index (κ2) is 3.76. The van der Waals surface area contributed by atoms with Crippen molar-refractivity contribution in [3.63, 3.8) is 0 Å². The van der Waals surface area contributed by atoms with Crippen LogP contribution in [-0.4, -0.2) is 16.8 Å². The van der Waals surface area contributed by atoms with Crippen molar-refractivity contribution in [1.29, 1.82) is 0 Å². The average molecular weight is 214 g/mol. The number of benzene rings is 1. The van der Waals surface area contributed by atoms with E-state index in [4.69, 9.17) is 4.74 Å². The van der Waals surface area contributed by atoms with Crippen LogP contribution in [-0.2, 0) is 17.8 Å². The van der Waals surface area contributed by atoms with E-state index in [1.807, 2.05) is 0 Å². The van der Waals surface area contributed by atoms with E-state index in [1.54, 1.807) is 0 Å². The summed E-state index contributed by atoms with van der Waals surface area (Å²) in [6.45, 7) is 3.57. The molecule has 0 spiro atoms. The zero-order chi connectivity index (χ0) is 11.0. The summed E-state index contributed by atoms with van der Waals surface area (Å²) in [5.74, 6) is 0. The number of hydrogen-bond acceptors (Lipinski definition) is 2. The van der Waals surface area contributed by atoms with Gasteiger partial charge in [-0.25, -0.2) is 0 Å². The van der Waals surface area contributed by atoms with Crippen molar-refractivity contribution in [2.24, 2.45) is 0 Å². The lowest BCUT2D eigenvalue weighted by atomic mass is 10.0. The fourth-order valence-electron chi connectivity index (χ4n) is 2.14. The molecule has 3 heteroatoms. The van der Waals surface area contributed by atoms with E-state index >= 15 is 0 Å². The summed E-state index contributed by atoms with van der Waals surface area (Å²) in [6, 6.07) is 8.41. The first-order valence-electron chi connectivity index (χ1n) is 5.55. The predicted octanol–water partition coefficient (Wildman–Crippen LogP) is 2.46. The summed E-state index contributed by atoms with van der Waals surface area (Å²) in [4.78, 5) is 0. The fourth-order valence-corrected chi connectivity index (χ4v) is 2.14. The van der Waals surface area contributed by atoms with Crippen molar-refractivity contribution in [3.8, 4) is 11.3 Å². The van der Waals surface area contributed by atoms with Crippen LogP contribution in [0.2, 0.25) is 0 Å². The van der Waals surface area contributed by atoms with Gasteiger partial charge in [0.05, 0.1) is 18.9 Å². The summed E-state index contributed by atoms with van der Waals surface area (Å²) in [5, 5.41) is 7.52. The molecule has 3 rings (SSSR count). The van der Waals surface area contributed by atoms with E-state index in [-0.39, 0.29) is 0 Å². The summed E-state index contributed by atoms with van der Waals surface area (Å²) >= 11 is 0. The van der Waals surface area contributed by atoms with Crippen molar-refractivity contribution in [1.82, 2.24) is 10.2 Å². The molecule has 1 N–H and O–H groups in total. The molecular formula is C13H14N2O. The molecule has 16 heavy (non-hydrogen) atoms. The number of aromatic amines is 1. The number of rotatable bonds is 1. The maximum absolute atomic E-state index is 5.49. The van der Waals surface area contributed by atoms with Gasteiger partial charge in [0.2, 0.25) is 0 Å². The third-order valence-corrected chi connectivity index (χ3v) is 2.99. The van der Waals surface area contributed by atoms with E-state index in [1.165, 1.54) is 22.4 Å². The molecule has 0 amide bonds. The lowest BCUT2D eigenvalue weighted by Gasteiger charge is -2.12. The molecule has 0 radical (unpaired) electrons. The fraction of sp³-hybridized carbons (Fsp3) is 0.308. The van der Waals surface area contributed by atoms with Crippen LogP contribution < -0.4 is 0 Å². The van der Waals surface area contributed by atoms with Crippen LogP contribution in [0.3, 0.4) is 0 Å². The Morgan fingerprint density at radius 3 is 3.19 bits per heavy atom. The van der Waals surface area contributed by atoms with Gasteiger partial charge in [-0.15, -0.1) is 0 Å². The number of H-pyrrole nitrogens is 1. The molecular weight excluding hydrogens is 200 g/mol. The van der Waals surface area contributed by atoms with Crippen LogP contribution >= 0.6 is 0 Å². The Balaban J connectivity index is 2.09. The molecule has 82 valence electrons. The van der Waals surface area contributed by atoms with Crippen molar-refractivity contribution < 1.29 is 4.74 Å². The molecule has 1 aliphatic rings. The maximum atomic E-state index is 5.49. The van der Waals surface area contributed by atoms with E-state index < -0.39 is 0 Å². The van der Waals surface area contributed by atoms with Crippen LogP contribution in [0.1, 0.15) is 16.8 Å². The van der Waals surface area contributed by atoms with Gasteiger partial charge in [-0.1, -0.05) is 23.8 Å². The minimum atomic E-state index is 0.676. The lowest BCUT2D eigenvalue weighted by Crippen LogP contribution is -2.08. The average Bonchev–Trinajstić information content (AvgIpc) is 2.72. The number of fused-ring (bicyclic) bond motifs is 1. The summed E-state index contributed by atoms with van der Waals surface area (Å²) in [5.41, 5.74) is 5.91. The Labute approximate surface area is 94.5 Å². The monoisotopic (exact) mass is 214 g/mol. The van der Waals surface area contributed by atoms with Crippen molar-refractivity contribution in [3.05, 3.63) is 41.1 Å². The van der Waals surface area contributed by atoms with E-state index in [9.17, 15) is 0 Å². The number of nitrogens with one attached hydrogen (secondary N) is 1. The van der Waals surface area contributed by atoms with Crippen molar-refractivity contribution in [2.45, 2.75) is 20.0 Å². The van der Waals surface area contributed by atoms with Gasteiger partial charge < -0.3 is 4.74 Å². The molecule has 0 aliphatic carbocycles. The minimum Gasteiger partial charge on any atom is -0.376 e. The number of nitrogens with zero attached hydrogens (tertiary/aromatic N) is 1. The van der Waals surface area contributed by atoms with Crippen LogP contribution in [0, 0.1) is 6.92 Å². The largest absolute Gasteiger partial charge is 0.376 e. The molecule has 0 saturated carbocycles. The van der Waals surface area contributed by atoms with Crippen LogP contribution in [0.4, 0.5) is 0 Å². The topological polar surface area (TPSA) is 37.9 Å². The normalized spacial score (nSPS) is 14.8. The van der Waals surface area contributed by atoms with E-state index in [0.717, 1.165) is 18.7 Å². The Kier molecular flexibility index (Phi) is 2.26. The Morgan fingerprint density at radius 2 is 2.31 bits per heavy atom. The van der Waals surface area contributed by atoms with Gasteiger partial charge in [-0.2, -0.15) is 5.10 Å². The van der Waals surface area contributed by atoms with Crippen molar-refractivity contribution in [2.75, 3.05) is 6.61 Å². The Bertz CT molecular complexity index is 516. The third kappa shape index (κ3) is 1.53. The first-order valence-corrected chi connectivity index (χ1v) is 5.55. The molecule has 0 atom stereocenters.